The summed E-state index contributed by atoms with van der Waals surface area (Å²) >= 11 is 8.28. The lowest BCUT2D eigenvalue weighted by Gasteiger charge is -2.20. The normalized spacial score (nSPS) is 18.6. The van der Waals surface area contributed by atoms with Crippen LogP contribution >= 0.6 is 47.1 Å². The molecule has 4 heterocycles. The number of thioether (sulfide) groups is 2. The molecule has 1 saturated heterocycles. The molecule has 2 aromatic rings. The molecule has 0 spiro atoms. The number of fused-ring (bicyclic) bond motifs is 2. The van der Waals surface area contributed by atoms with Gasteiger partial charge in [0.25, 0.3) is 11.5 Å². The van der Waals surface area contributed by atoms with Crippen molar-refractivity contribution in [1.82, 2.24) is 9.47 Å². The lowest BCUT2D eigenvalue weighted by Crippen LogP contribution is -2.37. The number of amides is 1. The number of aliphatic carboxylic acids is 2. The topological polar surface area (TPSA) is 165 Å². The highest BCUT2D eigenvalue weighted by Crippen LogP contribution is 2.51. The van der Waals surface area contributed by atoms with Crippen LogP contribution in [0.15, 0.2) is 32.9 Å². The molecule has 2 N–H and O–H groups in total. The van der Waals surface area contributed by atoms with E-state index >= 15 is 0 Å². The van der Waals surface area contributed by atoms with Crippen molar-refractivity contribution in [1.29, 1.82) is 0 Å². The van der Waals surface area contributed by atoms with E-state index in [1.165, 1.54) is 18.9 Å². The molecule has 0 radical (unpaired) electrons. The first-order valence-electron chi connectivity index (χ1n) is 12.5. The SMILES string of the molecule is COC(=O)CN1C(=CC(=c2sc(=C3SC(=S)N(CC(=O)O)C3=O)n(CC(=O)O)c2=O)C(C)C)Sc2cc3c(cc21)OCO3. The van der Waals surface area contributed by atoms with E-state index in [9.17, 15) is 34.2 Å². The second-order valence-electron chi connectivity index (χ2n) is 9.53. The van der Waals surface area contributed by atoms with Gasteiger partial charge in [0.05, 0.1) is 22.4 Å². The number of anilines is 1. The highest BCUT2D eigenvalue weighted by molar-refractivity contribution is 8.30. The molecule has 3 aliphatic heterocycles. The predicted octanol–water partition coefficient (Wildman–Crippen LogP) is 1.21. The summed E-state index contributed by atoms with van der Waals surface area (Å²) in [6.07, 6.45) is 1.75. The maximum atomic E-state index is 13.8. The molecule has 1 aromatic carbocycles. The smallest absolute Gasteiger partial charge is 0.325 e. The Morgan fingerprint density at radius 3 is 2.35 bits per heavy atom. The molecule has 17 heteroatoms. The number of carboxylic acids is 2. The number of methoxy groups -OCH3 is 1. The van der Waals surface area contributed by atoms with Crippen LogP contribution in [0.4, 0.5) is 5.69 Å². The Morgan fingerprint density at radius 2 is 1.72 bits per heavy atom. The van der Waals surface area contributed by atoms with Crippen molar-refractivity contribution in [2.45, 2.75) is 25.3 Å². The Bertz CT molecular complexity index is 1810. The van der Waals surface area contributed by atoms with Crippen LogP contribution in [0.1, 0.15) is 13.8 Å². The molecule has 0 bridgehead atoms. The van der Waals surface area contributed by atoms with Crippen molar-refractivity contribution in [2.24, 2.45) is 5.92 Å². The molecule has 1 aromatic heterocycles. The summed E-state index contributed by atoms with van der Waals surface area (Å²) in [6.45, 7) is 2.26. The summed E-state index contributed by atoms with van der Waals surface area (Å²) in [6, 6.07) is 3.56. The highest BCUT2D eigenvalue weighted by atomic mass is 32.2. The first kappa shape index (κ1) is 30.7. The molecule has 226 valence electrons. The molecule has 1 fully saturated rings. The Labute approximate surface area is 261 Å². The van der Waals surface area contributed by atoms with Crippen molar-refractivity contribution in [3.8, 4) is 11.5 Å². The number of benzene rings is 1. The number of rotatable bonds is 8. The largest absolute Gasteiger partial charge is 0.480 e. The second kappa shape index (κ2) is 12.1. The van der Waals surface area contributed by atoms with Crippen molar-refractivity contribution in [3.63, 3.8) is 0 Å². The van der Waals surface area contributed by atoms with Crippen LogP contribution in [0.2, 0.25) is 0 Å². The van der Waals surface area contributed by atoms with E-state index in [2.05, 4.69) is 0 Å². The number of carbonyl (C=O) groups is 4. The fourth-order valence-electron chi connectivity index (χ4n) is 4.42. The fourth-order valence-corrected chi connectivity index (χ4v) is 8.26. The Kier molecular flexibility index (Phi) is 8.60. The number of hydrogen-bond donors (Lipinski definition) is 2. The summed E-state index contributed by atoms with van der Waals surface area (Å²) in [7, 11) is 1.28. The first-order valence-corrected chi connectivity index (χ1v) is 15.4. The van der Waals surface area contributed by atoms with Gasteiger partial charge in [0, 0.05) is 17.0 Å². The zero-order valence-corrected chi connectivity index (χ0v) is 26.0. The third kappa shape index (κ3) is 5.89. The third-order valence-corrected chi connectivity index (χ3v) is 10.3. The monoisotopic (exact) mass is 665 g/mol. The van der Waals surface area contributed by atoms with Gasteiger partial charge in [0.15, 0.2) is 11.5 Å². The van der Waals surface area contributed by atoms with Gasteiger partial charge < -0.3 is 29.3 Å². The number of ether oxygens (including phenoxy) is 3. The lowest BCUT2D eigenvalue weighted by atomic mass is 10.0. The van der Waals surface area contributed by atoms with Crippen LogP contribution in [-0.2, 0) is 30.5 Å². The number of thiocarbonyl (C=S) groups is 1. The number of carboxylic acid groups (broad SMARTS) is 2. The van der Waals surface area contributed by atoms with Crippen LogP contribution < -0.4 is 29.1 Å². The van der Waals surface area contributed by atoms with Crippen molar-refractivity contribution < 1.29 is 43.6 Å². The van der Waals surface area contributed by atoms with Crippen molar-refractivity contribution >= 4 is 91.4 Å². The van der Waals surface area contributed by atoms with E-state index in [1.54, 1.807) is 23.1 Å². The van der Waals surface area contributed by atoms with Crippen LogP contribution in [0.3, 0.4) is 0 Å². The van der Waals surface area contributed by atoms with Crippen LogP contribution in [0, 0.1) is 5.92 Å². The van der Waals surface area contributed by atoms with Crippen LogP contribution in [0.5, 0.6) is 11.5 Å². The maximum Gasteiger partial charge on any atom is 0.325 e. The van der Waals surface area contributed by atoms with Crippen LogP contribution in [0.25, 0.3) is 10.5 Å². The van der Waals surface area contributed by atoms with E-state index in [0.717, 1.165) is 37.5 Å². The van der Waals surface area contributed by atoms with E-state index in [4.69, 9.17) is 26.4 Å². The molecule has 13 nitrogen and oxygen atoms in total. The fraction of sp³-hybridized carbons (Fsp3) is 0.308. The minimum atomic E-state index is -1.30. The molecule has 43 heavy (non-hydrogen) atoms. The number of hydrogen-bond acceptors (Lipinski definition) is 13. The van der Waals surface area contributed by atoms with Gasteiger partial charge in [-0.25, -0.2) is 0 Å². The molecule has 0 saturated carbocycles. The molecule has 1 amide bonds. The van der Waals surface area contributed by atoms with E-state index < -0.39 is 42.5 Å². The first-order chi connectivity index (χ1) is 20.4. The summed E-state index contributed by atoms with van der Waals surface area (Å²) in [5.41, 5.74) is 0.582. The number of allylic oxidation sites excluding steroid dienone is 1. The molecule has 0 aliphatic carbocycles. The van der Waals surface area contributed by atoms with Crippen molar-refractivity contribution in [3.05, 3.63) is 42.8 Å². The summed E-state index contributed by atoms with van der Waals surface area (Å²) in [5.74, 6) is -2.98. The molecular formula is C26H23N3O10S4. The minimum absolute atomic E-state index is 0.0136. The van der Waals surface area contributed by atoms with E-state index in [-0.39, 0.29) is 37.7 Å². The third-order valence-electron chi connectivity index (χ3n) is 6.42. The van der Waals surface area contributed by atoms with Gasteiger partial charge in [-0.2, -0.15) is 0 Å². The second-order valence-corrected chi connectivity index (χ2v) is 13.2. The molecular weight excluding hydrogens is 643 g/mol. The van der Waals surface area contributed by atoms with Gasteiger partial charge in [-0.05, 0) is 17.6 Å². The van der Waals surface area contributed by atoms with Gasteiger partial charge in [0.1, 0.15) is 33.5 Å². The van der Waals surface area contributed by atoms with Gasteiger partial charge in [0.2, 0.25) is 6.79 Å². The number of thiazole rings is 1. The predicted molar refractivity (Wildman–Crippen MR) is 163 cm³/mol. The Balaban J connectivity index is 1.72. The lowest BCUT2D eigenvalue weighted by molar-refractivity contribution is -0.140. The number of carbonyl (C=O) groups excluding carboxylic acids is 2. The standard InChI is InChI=1S/C26H23N3O10S4/c1-11(2)12(4-17-27(9-20(34)37-3)13-5-14-15(39-10-38-14)6-16(13)41-17)21-23(35)28(7-18(30)31)25(42-21)22-24(36)29(8-19(32)33)26(40)43-22/h4-6,11H,7-10H2,1-3H3,(H,30,31)(H,32,33). The van der Waals surface area contributed by atoms with Gasteiger partial charge in [-0.15, -0.1) is 11.3 Å². The average molecular weight is 666 g/mol. The Morgan fingerprint density at radius 1 is 1.05 bits per heavy atom. The average Bonchev–Trinajstić information content (AvgIpc) is 3.68. The van der Waals surface area contributed by atoms with Crippen molar-refractivity contribution in [2.75, 3.05) is 31.9 Å². The van der Waals surface area contributed by atoms with Gasteiger partial charge in [-0.3, -0.25) is 33.4 Å². The summed E-state index contributed by atoms with van der Waals surface area (Å²) in [4.78, 5) is 65.7. The highest BCUT2D eigenvalue weighted by Gasteiger charge is 2.36. The number of nitrogens with zero attached hydrogens (tertiary/aromatic N) is 3. The molecule has 0 atom stereocenters. The molecule has 5 rings (SSSR count). The molecule has 3 aliphatic rings. The summed E-state index contributed by atoms with van der Waals surface area (Å²) in [5, 5.41) is 19.4. The quantitative estimate of drug-likeness (QED) is 0.305. The number of esters is 1. The Hall–Kier alpha value is -3.80. The van der Waals surface area contributed by atoms with Crippen LogP contribution in [-0.4, -0.2) is 74.8 Å². The maximum absolute atomic E-state index is 13.8. The minimum Gasteiger partial charge on any atom is -0.480 e. The van der Waals surface area contributed by atoms with Gasteiger partial charge in [-0.1, -0.05) is 49.6 Å². The van der Waals surface area contributed by atoms with E-state index in [0.29, 0.717) is 27.8 Å². The summed E-state index contributed by atoms with van der Waals surface area (Å²) < 4.78 is 17.2. The zero-order chi connectivity index (χ0) is 31.2. The van der Waals surface area contributed by atoms with E-state index in [1.807, 2.05) is 13.8 Å². The van der Waals surface area contributed by atoms with Gasteiger partial charge >= 0.3 is 17.9 Å². The number of aromatic nitrogens is 1. The zero-order valence-electron chi connectivity index (χ0n) is 22.8. The molecule has 0 unspecified atom stereocenters.